The fraction of sp³-hybridized carbons (Fsp3) is 0.500. The van der Waals surface area contributed by atoms with E-state index < -0.39 is 17.8 Å². The van der Waals surface area contributed by atoms with Crippen molar-refractivity contribution in [1.82, 2.24) is 0 Å². The molecule has 0 bridgehead atoms. The van der Waals surface area contributed by atoms with E-state index in [9.17, 15) is 18.3 Å². The molecule has 1 aromatic heterocycles. The van der Waals surface area contributed by atoms with Crippen LogP contribution < -0.4 is 0 Å². The first-order valence-electron chi connectivity index (χ1n) is 8.77. The number of rotatable bonds is 4. The lowest BCUT2D eigenvalue weighted by atomic mass is 9.76. The van der Waals surface area contributed by atoms with E-state index in [1.165, 1.54) is 17.7 Å². The largest absolute Gasteiger partial charge is 0.416 e. The van der Waals surface area contributed by atoms with Gasteiger partial charge in [-0.25, -0.2) is 0 Å². The van der Waals surface area contributed by atoms with E-state index in [2.05, 4.69) is 18.4 Å². The molecule has 1 fully saturated rings. The number of halogens is 3. The SMILES string of the molecule is Cc1ccc(C(F)(F)F)cc1[C@H]1OC(CO)CC[C@H]1[C@@H](C)c1ccsc1. The molecule has 2 aromatic rings. The standard InChI is InChI=1S/C20H23F3O2S/c1-12-3-4-15(20(21,22)23)9-18(12)19-17(6-5-16(10-24)25-19)13(2)14-7-8-26-11-14/h3-4,7-9,11,13,16-17,19,24H,5-6,10H2,1-2H3/t13-,16?,17-,19-/m0/s1. The summed E-state index contributed by atoms with van der Waals surface area (Å²) < 4.78 is 45.7. The Morgan fingerprint density at radius 3 is 2.65 bits per heavy atom. The molecule has 26 heavy (non-hydrogen) atoms. The van der Waals surface area contributed by atoms with Crippen molar-refractivity contribution in [2.24, 2.45) is 5.92 Å². The second-order valence-electron chi connectivity index (χ2n) is 7.02. The van der Waals surface area contributed by atoms with Crippen LogP contribution in [0.2, 0.25) is 0 Å². The van der Waals surface area contributed by atoms with Crippen molar-refractivity contribution in [3.63, 3.8) is 0 Å². The number of thiophene rings is 1. The van der Waals surface area contributed by atoms with Gasteiger partial charge in [0.05, 0.1) is 24.4 Å². The van der Waals surface area contributed by atoms with Gasteiger partial charge in [-0.2, -0.15) is 24.5 Å². The number of aryl methyl sites for hydroxylation is 1. The molecule has 2 nitrogen and oxygen atoms in total. The quantitative estimate of drug-likeness (QED) is 0.732. The lowest BCUT2D eigenvalue weighted by Crippen LogP contribution is -2.34. The van der Waals surface area contributed by atoms with Crippen molar-refractivity contribution >= 4 is 11.3 Å². The Kier molecular flexibility index (Phi) is 5.75. The third-order valence-electron chi connectivity index (χ3n) is 5.38. The van der Waals surface area contributed by atoms with Crippen LogP contribution in [0.15, 0.2) is 35.0 Å². The number of hydrogen-bond acceptors (Lipinski definition) is 3. The number of aliphatic hydroxyl groups is 1. The van der Waals surface area contributed by atoms with Gasteiger partial charge >= 0.3 is 6.18 Å². The van der Waals surface area contributed by atoms with Crippen molar-refractivity contribution in [3.8, 4) is 0 Å². The molecule has 1 saturated heterocycles. The first-order valence-corrected chi connectivity index (χ1v) is 9.71. The van der Waals surface area contributed by atoms with Crippen molar-refractivity contribution < 1.29 is 23.0 Å². The topological polar surface area (TPSA) is 29.5 Å². The number of aliphatic hydroxyl groups excluding tert-OH is 1. The summed E-state index contributed by atoms with van der Waals surface area (Å²) in [5.41, 5.74) is 1.88. The van der Waals surface area contributed by atoms with Crippen LogP contribution in [0.1, 0.15) is 54.0 Å². The molecule has 1 aliphatic rings. The van der Waals surface area contributed by atoms with Gasteiger partial charge in [0.15, 0.2) is 0 Å². The van der Waals surface area contributed by atoms with Gasteiger partial charge < -0.3 is 9.84 Å². The molecule has 0 amide bonds. The molecule has 1 N–H and O–H groups in total. The summed E-state index contributed by atoms with van der Waals surface area (Å²) in [5.74, 6) is 0.231. The van der Waals surface area contributed by atoms with Gasteiger partial charge in [0.1, 0.15) is 0 Å². The first kappa shape index (κ1) is 19.4. The smallest absolute Gasteiger partial charge is 0.394 e. The Hall–Kier alpha value is -1.37. The van der Waals surface area contributed by atoms with E-state index in [-0.39, 0.29) is 24.5 Å². The van der Waals surface area contributed by atoms with E-state index in [0.29, 0.717) is 12.0 Å². The minimum atomic E-state index is -4.39. The minimum absolute atomic E-state index is 0.0644. The summed E-state index contributed by atoms with van der Waals surface area (Å²) in [4.78, 5) is 0. The number of hydrogen-bond donors (Lipinski definition) is 1. The van der Waals surface area contributed by atoms with Gasteiger partial charge in [-0.3, -0.25) is 0 Å². The molecule has 0 spiro atoms. The molecular formula is C20H23F3O2S. The van der Waals surface area contributed by atoms with Crippen LogP contribution in [0.4, 0.5) is 13.2 Å². The van der Waals surface area contributed by atoms with Crippen LogP contribution >= 0.6 is 11.3 Å². The van der Waals surface area contributed by atoms with Gasteiger partial charge in [-0.15, -0.1) is 0 Å². The monoisotopic (exact) mass is 384 g/mol. The minimum Gasteiger partial charge on any atom is -0.394 e. The molecule has 0 saturated carbocycles. The third-order valence-corrected chi connectivity index (χ3v) is 6.08. The van der Waals surface area contributed by atoms with Crippen molar-refractivity contribution in [2.45, 2.75) is 51.0 Å². The summed E-state index contributed by atoms with van der Waals surface area (Å²) >= 11 is 1.61. The Balaban J connectivity index is 1.99. The lowest BCUT2D eigenvalue weighted by Gasteiger charge is -2.40. The van der Waals surface area contributed by atoms with Crippen LogP contribution in [0.3, 0.4) is 0 Å². The Morgan fingerprint density at radius 1 is 1.27 bits per heavy atom. The van der Waals surface area contributed by atoms with Gasteiger partial charge in [0, 0.05) is 0 Å². The molecule has 0 aliphatic carbocycles. The third kappa shape index (κ3) is 3.97. The van der Waals surface area contributed by atoms with Crippen LogP contribution in [0, 0.1) is 12.8 Å². The van der Waals surface area contributed by atoms with E-state index in [0.717, 1.165) is 18.1 Å². The Morgan fingerprint density at radius 2 is 2.04 bits per heavy atom. The summed E-state index contributed by atoms with van der Waals surface area (Å²) in [6.07, 6.45) is -3.66. The van der Waals surface area contributed by atoms with Crippen LogP contribution in [0.25, 0.3) is 0 Å². The van der Waals surface area contributed by atoms with E-state index in [4.69, 9.17) is 4.74 Å². The van der Waals surface area contributed by atoms with Crippen LogP contribution in [-0.4, -0.2) is 17.8 Å². The average molecular weight is 384 g/mol. The van der Waals surface area contributed by atoms with Gasteiger partial charge in [-0.05, 0) is 77.3 Å². The molecule has 0 radical (unpaired) electrons. The highest BCUT2D eigenvalue weighted by Crippen LogP contribution is 2.46. The summed E-state index contributed by atoms with van der Waals surface area (Å²) in [6, 6.07) is 5.90. The first-order chi connectivity index (χ1) is 12.3. The highest BCUT2D eigenvalue weighted by atomic mass is 32.1. The molecule has 2 heterocycles. The summed E-state index contributed by atoms with van der Waals surface area (Å²) in [7, 11) is 0. The molecule has 142 valence electrons. The second-order valence-corrected chi connectivity index (χ2v) is 7.80. The summed E-state index contributed by atoms with van der Waals surface area (Å²) in [5, 5.41) is 13.6. The molecule has 6 heteroatoms. The van der Waals surface area contributed by atoms with Gasteiger partial charge in [0.2, 0.25) is 0 Å². The summed E-state index contributed by atoms with van der Waals surface area (Å²) in [6.45, 7) is 3.80. The second kappa shape index (κ2) is 7.71. The fourth-order valence-electron chi connectivity index (χ4n) is 3.76. The van der Waals surface area contributed by atoms with E-state index in [1.807, 2.05) is 12.3 Å². The molecule has 1 unspecified atom stereocenters. The fourth-order valence-corrected chi connectivity index (χ4v) is 4.53. The van der Waals surface area contributed by atoms with Crippen molar-refractivity contribution in [3.05, 3.63) is 57.3 Å². The molecule has 1 aromatic carbocycles. The van der Waals surface area contributed by atoms with Gasteiger partial charge in [-0.1, -0.05) is 13.0 Å². The zero-order valence-electron chi connectivity index (χ0n) is 14.8. The number of benzene rings is 1. The van der Waals surface area contributed by atoms with Crippen LogP contribution in [-0.2, 0) is 10.9 Å². The number of alkyl halides is 3. The van der Waals surface area contributed by atoms with Gasteiger partial charge in [0.25, 0.3) is 0 Å². The normalized spacial score (nSPS) is 25.2. The maximum Gasteiger partial charge on any atom is 0.416 e. The maximum absolute atomic E-state index is 13.2. The highest BCUT2D eigenvalue weighted by molar-refractivity contribution is 7.07. The Bertz CT molecular complexity index is 727. The predicted molar refractivity (Wildman–Crippen MR) is 96.3 cm³/mol. The van der Waals surface area contributed by atoms with Crippen molar-refractivity contribution in [1.29, 1.82) is 0 Å². The maximum atomic E-state index is 13.2. The van der Waals surface area contributed by atoms with Crippen LogP contribution in [0.5, 0.6) is 0 Å². The number of ether oxygens (including phenoxy) is 1. The molecule has 1 aliphatic heterocycles. The van der Waals surface area contributed by atoms with Crippen molar-refractivity contribution in [2.75, 3.05) is 6.61 Å². The molecule has 4 atom stereocenters. The highest BCUT2D eigenvalue weighted by Gasteiger charge is 2.38. The zero-order chi connectivity index (χ0) is 18.9. The zero-order valence-corrected chi connectivity index (χ0v) is 15.6. The van der Waals surface area contributed by atoms with E-state index in [1.54, 1.807) is 11.3 Å². The van der Waals surface area contributed by atoms with E-state index >= 15 is 0 Å². The lowest BCUT2D eigenvalue weighted by molar-refractivity contribution is -0.138. The Labute approximate surface area is 155 Å². The average Bonchev–Trinajstić information content (AvgIpc) is 3.14. The molecule has 3 rings (SSSR count). The molecular weight excluding hydrogens is 361 g/mol. The predicted octanol–water partition coefficient (Wildman–Crippen LogP) is 5.71.